The number of nitrogens with zero attached hydrogens (tertiary/aromatic N) is 4. The van der Waals surface area contributed by atoms with E-state index in [1.54, 1.807) is 9.58 Å². The van der Waals surface area contributed by atoms with E-state index in [1.807, 2.05) is 54.4 Å². The highest BCUT2D eigenvalue weighted by Gasteiger charge is 2.26. The Morgan fingerprint density at radius 1 is 0.967 bits per heavy atom. The van der Waals surface area contributed by atoms with E-state index >= 15 is 0 Å². The van der Waals surface area contributed by atoms with Gasteiger partial charge in [0.25, 0.3) is 11.8 Å². The second-order valence-corrected chi connectivity index (χ2v) is 7.89. The first-order chi connectivity index (χ1) is 14.6. The van der Waals surface area contributed by atoms with Crippen molar-refractivity contribution in [2.24, 2.45) is 7.05 Å². The number of carbonyl (C=O) groups excluding carboxylic acids is 2. The predicted octanol–water partition coefficient (Wildman–Crippen LogP) is 2.84. The molecule has 5 rings (SSSR count). The molecule has 2 amide bonds. The number of amides is 2. The van der Waals surface area contributed by atoms with Gasteiger partial charge in [0.05, 0.1) is 12.1 Å². The molecule has 1 aromatic heterocycles. The summed E-state index contributed by atoms with van der Waals surface area (Å²) >= 11 is 0. The maximum absolute atomic E-state index is 13.3. The standard InChI is InChI=1S/C23H24N4O3/c1-25-19-7-3-2-6-18(19)21(24-25)23(29)27-12-13-30-20-9-8-16(14-17(20)15-27)22(28)26-10-4-5-11-26/h2-3,6-9,14H,4-5,10-13,15H2,1H3. The van der Waals surface area contributed by atoms with Crippen molar-refractivity contribution < 1.29 is 14.3 Å². The van der Waals surface area contributed by atoms with Crippen LogP contribution in [-0.2, 0) is 13.6 Å². The van der Waals surface area contributed by atoms with Gasteiger partial charge >= 0.3 is 0 Å². The Morgan fingerprint density at radius 3 is 2.60 bits per heavy atom. The van der Waals surface area contributed by atoms with E-state index in [1.165, 1.54) is 0 Å². The normalized spacial score (nSPS) is 16.3. The van der Waals surface area contributed by atoms with Gasteiger partial charge in [-0.05, 0) is 37.1 Å². The minimum atomic E-state index is -0.125. The van der Waals surface area contributed by atoms with Crippen molar-refractivity contribution in [2.75, 3.05) is 26.2 Å². The van der Waals surface area contributed by atoms with Crippen LogP contribution in [0.3, 0.4) is 0 Å². The van der Waals surface area contributed by atoms with Gasteiger partial charge in [-0.3, -0.25) is 14.3 Å². The first kappa shape index (κ1) is 18.7. The average Bonchev–Trinajstić information content (AvgIpc) is 3.36. The zero-order valence-electron chi connectivity index (χ0n) is 17.0. The molecule has 1 fully saturated rings. The summed E-state index contributed by atoms with van der Waals surface area (Å²) in [6.45, 7) is 2.88. The molecule has 2 aliphatic rings. The topological polar surface area (TPSA) is 67.7 Å². The number of aromatic nitrogens is 2. The molecule has 0 atom stereocenters. The van der Waals surface area contributed by atoms with Crippen LogP contribution >= 0.6 is 0 Å². The molecule has 0 unspecified atom stereocenters. The van der Waals surface area contributed by atoms with Gasteiger partial charge in [0.15, 0.2) is 5.69 Å². The Hall–Kier alpha value is -3.35. The fourth-order valence-electron chi connectivity index (χ4n) is 4.33. The molecular formula is C23H24N4O3. The maximum Gasteiger partial charge on any atom is 0.275 e. The molecule has 7 nitrogen and oxygen atoms in total. The lowest BCUT2D eigenvalue weighted by molar-refractivity contribution is 0.0728. The number of fused-ring (bicyclic) bond motifs is 2. The Bertz CT molecular complexity index is 1130. The zero-order chi connectivity index (χ0) is 20.7. The van der Waals surface area contributed by atoms with Crippen LogP contribution < -0.4 is 4.74 Å². The number of hydrogen-bond donors (Lipinski definition) is 0. The predicted molar refractivity (Wildman–Crippen MR) is 113 cm³/mol. The average molecular weight is 404 g/mol. The van der Waals surface area contributed by atoms with Gasteiger partial charge in [0.1, 0.15) is 12.4 Å². The number of ether oxygens (including phenoxy) is 1. The molecule has 0 saturated carbocycles. The Labute approximate surface area is 174 Å². The Morgan fingerprint density at radius 2 is 1.77 bits per heavy atom. The van der Waals surface area contributed by atoms with Gasteiger partial charge in [0, 0.05) is 43.2 Å². The zero-order valence-corrected chi connectivity index (χ0v) is 17.0. The molecule has 2 aromatic carbocycles. The van der Waals surface area contributed by atoms with E-state index in [2.05, 4.69) is 5.10 Å². The smallest absolute Gasteiger partial charge is 0.275 e. The van der Waals surface area contributed by atoms with Crippen molar-refractivity contribution in [2.45, 2.75) is 19.4 Å². The highest BCUT2D eigenvalue weighted by atomic mass is 16.5. The third-order valence-electron chi connectivity index (χ3n) is 5.93. The van der Waals surface area contributed by atoms with Gasteiger partial charge < -0.3 is 14.5 Å². The largest absolute Gasteiger partial charge is 0.491 e. The number of aryl methyl sites for hydroxylation is 1. The lowest BCUT2D eigenvalue weighted by Gasteiger charge is -2.19. The fourth-order valence-corrected chi connectivity index (χ4v) is 4.33. The van der Waals surface area contributed by atoms with Crippen molar-refractivity contribution >= 4 is 22.7 Å². The van der Waals surface area contributed by atoms with Crippen molar-refractivity contribution in [1.29, 1.82) is 0 Å². The summed E-state index contributed by atoms with van der Waals surface area (Å²) in [6, 6.07) is 13.3. The lowest BCUT2D eigenvalue weighted by atomic mass is 10.1. The molecule has 0 N–H and O–H groups in total. The van der Waals surface area contributed by atoms with Crippen LogP contribution in [0.15, 0.2) is 42.5 Å². The number of hydrogen-bond acceptors (Lipinski definition) is 4. The molecule has 3 aromatic rings. The minimum absolute atomic E-state index is 0.0492. The highest BCUT2D eigenvalue weighted by Crippen LogP contribution is 2.27. The van der Waals surface area contributed by atoms with E-state index < -0.39 is 0 Å². The molecule has 2 aliphatic heterocycles. The van der Waals surface area contributed by atoms with Gasteiger partial charge in [-0.25, -0.2) is 0 Å². The summed E-state index contributed by atoms with van der Waals surface area (Å²) < 4.78 is 7.61. The first-order valence-electron chi connectivity index (χ1n) is 10.4. The Balaban J connectivity index is 1.44. The molecule has 30 heavy (non-hydrogen) atoms. The van der Waals surface area contributed by atoms with Crippen LogP contribution in [0.4, 0.5) is 0 Å². The first-order valence-corrected chi connectivity index (χ1v) is 10.4. The monoisotopic (exact) mass is 404 g/mol. The third-order valence-corrected chi connectivity index (χ3v) is 5.93. The summed E-state index contributed by atoms with van der Waals surface area (Å²) in [7, 11) is 1.84. The number of rotatable bonds is 2. The molecule has 154 valence electrons. The SMILES string of the molecule is Cn1nc(C(=O)N2CCOc3ccc(C(=O)N4CCCC4)cc3C2)c2ccccc21. The van der Waals surface area contributed by atoms with Crippen LogP contribution in [0.1, 0.15) is 39.3 Å². The number of para-hydroxylation sites is 1. The van der Waals surface area contributed by atoms with Crippen LogP contribution in [0.25, 0.3) is 10.9 Å². The van der Waals surface area contributed by atoms with E-state index in [-0.39, 0.29) is 11.8 Å². The van der Waals surface area contributed by atoms with Crippen LogP contribution in [0.5, 0.6) is 5.75 Å². The van der Waals surface area contributed by atoms with E-state index in [9.17, 15) is 9.59 Å². The molecule has 0 aliphatic carbocycles. The summed E-state index contributed by atoms with van der Waals surface area (Å²) in [4.78, 5) is 29.8. The maximum atomic E-state index is 13.3. The van der Waals surface area contributed by atoms with Crippen molar-refractivity contribution in [3.05, 3.63) is 59.3 Å². The second-order valence-electron chi connectivity index (χ2n) is 7.89. The van der Waals surface area contributed by atoms with Crippen LogP contribution in [0, 0.1) is 0 Å². The van der Waals surface area contributed by atoms with Gasteiger partial charge in [0.2, 0.25) is 0 Å². The van der Waals surface area contributed by atoms with E-state index in [0.717, 1.165) is 48.1 Å². The fraction of sp³-hybridized carbons (Fsp3) is 0.348. The summed E-state index contributed by atoms with van der Waals surface area (Å²) in [5, 5.41) is 5.31. The molecule has 3 heterocycles. The van der Waals surface area contributed by atoms with Gasteiger partial charge in [-0.15, -0.1) is 0 Å². The molecule has 0 spiro atoms. The number of carbonyl (C=O) groups is 2. The van der Waals surface area contributed by atoms with E-state index in [0.29, 0.717) is 31.0 Å². The van der Waals surface area contributed by atoms with E-state index in [4.69, 9.17) is 4.74 Å². The molecule has 0 bridgehead atoms. The molecular weight excluding hydrogens is 380 g/mol. The van der Waals surface area contributed by atoms with Crippen molar-refractivity contribution in [3.8, 4) is 5.75 Å². The Kier molecular flexibility index (Phi) is 4.65. The molecule has 7 heteroatoms. The van der Waals surface area contributed by atoms with Crippen LogP contribution in [0.2, 0.25) is 0 Å². The number of benzene rings is 2. The van der Waals surface area contributed by atoms with Crippen molar-refractivity contribution in [1.82, 2.24) is 19.6 Å². The molecule has 1 saturated heterocycles. The van der Waals surface area contributed by atoms with Crippen molar-refractivity contribution in [3.63, 3.8) is 0 Å². The summed E-state index contributed by atoms with van der Waals surface area (Å²) in [5.74, 6) is 0.654. The second kappa shape index (κ2) is 7.48. The summed E-state index contributed by atoms with van der Waals surface area (Å²) in [6.07, 6.45) is 2.11. The third kappa shape index (κ3) is 3.20. The van der Waals surface area contributed by atoms with Gasteiger partial charge in [-0.2, -0.15) is 5.10 Å². The lowest BCUT2D eigenvalue weighted by Crippen LogP contribution is -2.33. The summed E-state index contributed by atoms with van der Waals surface area (Å²) in [5.41, 5.74) is 2.87. The molecule has 0 radical (unpaired) electrons. The highest BCUT2D eigenvalue weighted by molar-refractivity contribution is 6.05. The minimum Gasteiger partial charge on any atom is -0.491 e. The quantitative estimate of drug-likeness (QED) is 0.659. The van der Waals surface area contributed by atoms with Gasteiger partial charge in [-0.1, -0.05) is 18.2 Å². The van der Waals surface area contributed by atoms with Crippen LogP contribution in [-0.4, -0.2) is 57.6 Å². The number of likely N-dealkylation sites (tertiary alicyclic amines) is 1.